The monoisotopic (exact) mass is 302 g/mol. The van der Waals surface area contributed by atoms with Gasteiger partial charge in [-0.1, -0.05) is 12.1 Å². The molecule has 1 aromatic heterocycles. The predicted octanol–water partition coefficient (Wildman–Crippen LogP) is 1.69. The number of primary amides is 1. The van der Waals surface area contributed by atoms with Crippen LogP contribution in [0.2, 0.25) is 0 Å². The molecule has 7 heteroatoms. The van der Waals surface area contributed by atoms with E-state index >= 15 is 0 Å². The zero-order chi connectivity index (χ0) is 15.0. The molecule has 0 aliphatic carbocycles. The molecule has 0 saturated carbocycles. The summed E-state index contributed by atoms with van der Waals surface area (Å²) in [6, 6.07) is 7.80. The summed E-state index contributed by atoms with van der Waals surface area (Å²) in [6.07, 6.45) is -0.298. The number of thioether (sulfide) groups is 1. The van der Waals surface area contributed by atoms with Crippen molar-refractivity contribution < 1.29 is 9.53 Å². The number of rotatable bonds is 2. The van der Waals surface area contributed by atoms with Crippen LogP contribution in [0.25, 0.3) is 0 Å². The number of hydrogen-bond donors (Lipinski definition) is 2. The fourth-order valence-electron chi connectivity index (χ4n) is 2.21. The fourth-order valence-corrected chi connectivity index (χ4v) is 3.19. The van der Waals surface area contributed by atoms with Crippen molar-refractivity contribution in [3.8, 4) is 5.75 Å². The van der Waals surface area contributed by atoms with Crippen molar-refractivity contribution in [3.05, 3.63) is 41.3 Å². The van der Waals surface area contributed by atoms with Crippen LogP contribution < -0.4 is 16.2 Å². The van der Waals surface area contributed by atoms with Gasteiger partial charge in [0, 0.05) is 10.6 Å². The maximum Gasteiger partial charge on any atom is 0.254 e. The summed E-state index contributed by atoms with van der Waals surface area (Å²) in [5, 5.41) is 0. The summed E-state index contributed by atoms with van der Waals surface area (Å²) in [5.74, 6) is 1.43. The minimum atomic E-state index is -0.624. The first-order chi connectivity index (χ1) is 10.1. The Balaban J connectivity index is 1.94. The topological polar surface area (TPSA) is 104 Å². The Hall–Kier alpha value is -2.28. The van der Waals surface area contributed by atoms with Gasteiger partial charge in [0.1, 0.15) is 17.1 Å². The highest BCUT2D eigenvalue weighted by Crippen LogP contribution is 2.39. The van der Waals surface area contributed by atoms with Crippen LogP contribution in [-0.2, 0) is 0 Å². The lowest BCUT2D eigenvalue weighted by molar-refractivity contribution is 0.0999. The Bertz CT molecular complexity index is 697. The van der Waals surface area contributed by atoms with Crippen LogP contribution in [-0.4, -0.2) is 21.6 Å². The van der Waals surface area contributed by atoms with Gasteiger partial charge < -0.3 is 16.2 Å². The second kappa shape index (κ2) is 5.25. The van der Waals surface area contributed by atoms with Gasteiger partial charge in [0.25, 0.3) is 5.91 Å². The zero-order valence-corrected chi connectivity index (χ0v) is 12.2. The summed E-state index contributed by atoms with van der Waals surface area (Å²) in [4.78, 5) is 20.9. The molecular formula is C14H14N4O2S. The Kier molecular flexibility index (Phi) is 3.42. The Morgan fingerprint density at radius 1 is 1.38 bits per heavy atom. The maximum atomic E-state index is 11.3. The third kappa shape index (κ3) is 2.52. The smallest absolute Gasteiger partial charge is 0.254 e. The maximum absolute atomic E-state index is 11.3. The Labute approximate surface area is 125 Å². The molecule has 108 valence electrons. The van der Waals surface area contributed by atoms with Crippen molar-refractivity contribution >= 4 is 23.5 Å². The van der Waals surface area contributed by atoms with Crippen molar-refractivity contribution in [2.75, 3.05) is 11.5 Å². The molecule has 0 fully saturated rings. The van der Waals surface area contributed by atoms with E-state index in [0.717, 1.165) is 10.6 Å². The highest BCUT2D eigenvalue weighted by Gasteiger charge is 2.26. The number of aromatic nitrogens is 2. The highest BCUT2D eigenvalue weighted by molar-refractivity contribution is 7.99. The molecule has 1 unspecified atom stereocenters. The average Bonchev–Trinajstić information content (AvgIpc) is 2.45. The molecule has 0 bridgehead atoms. The van der Waals surface area contributed by atoms with E-state index in [4.69, 9.17) is 16.2 Å². The van der Waals surface area contributed by atoms with Crippen molar-refractivity contribution in [1.82, 2.24) is 9.97 Å². The summed E-state index contributed by atoms with van der Waals surface area (Å²) < 4.78 is 5.91. The third-order valence-electron chi connectivity index (χ3n) is 3.18. The molecule has 1 aromatic carbocycles. The lowest BCUT2D eigenvalue weighted by Crippen LogP contribution is -2.22. The van der Waals surface area contributed by atoms with E-state index in [-0.39, 0.29) is 17.5 Å². The largest absolute Gasteiger partial charge is 0.480 e. The van der Waals surface area contributed by atoms with Crippen LogP contribution in [0, 0.1) is 6.92 Å². The van der Waals surface area contributed by atoms with Gasteiger partial charge >= 0.3 is 0 Å². The van der Waals surface area contributed by atoms with Crippen LogP contribution in [0.15, 0.2) is 29.2 Å². The van der Waals surface area contributed by atoms with E-state index in [9.17, 15) is 4.79 Å². The number of fused-ring (bicyclic) bond motifs is 1. The Morgan fingerprint density at radius 3 is 2.86 bits per heavy atom. The molecule has 2 heterocycles. The van der Waals surface area contributed by atoms with Crippen LogP contribution in [0.1, 0.15) is 28.0 Å². The SMILES string of the molecule is Cc1nc(C2CSc3ccccc3O2)nc(N)c1C(N)=O. The van der Waals surface area contributed by atoms with Gasteiger partial charge in [0.15, 0.2) is 11.9 Å². The first-order valence-corrected chi connectivity index (χ1v) is 7.37. The number of benzene rings is 1. The number of ether oxygens (including phenoxy) is 1. The first-order valence-electron chi connectivity index (χ1n) is 6.38. The summed E-state index contributed by atoms with van der Waals surface area (Å²) >= 11 is 1.68. The van der Waals surface area contributed by atoms with Gasteiger partial charge in [0.2, 0.25) is 0 Å². The molecule has 6 nitrogen and oxygen atoms in total. The van der Waals surface area contributed by atoms with Gasteiger partial charge in [-0.3, -0.25) is 4.79 Å². The number of nitrogens with zero attached hydrogens (tertiary/aromatic N) is 2. The fraction of sp³-hybridized carbons (Fsp3) is 0.214. The third-order valence-corrected chi connectivity index (χ3v) is 4.30. The molecule has 1 atom stereocenters. The van der Waals surface area contributed by atoms with Crippen LogP contribution in [0.3, 0.4) is 0 Å². The van der Waals surface area contributed by atoms with E-state index in [2.05, 4.69) is 9.97 Å². The molecule has 1 aliphatic rings. The van der Waals surface area contributed by atoms with Gasteiger partial charge in [-0.25, -0.2) is 9.97 Å². The number of hydrogen-bond acceptors (Lipinski definition) is 6. The summed E-state index contributed by atoms with van der Waals surface area (Å²) in [7, 11) is 0. The summed E-state index contributed by atoms with van der Waals surface area (Å²) in [6.45, 7) is 1.69. The van der Waals surface area contributed by atoms with E-state index in [1.165, 1.54) is 0 Å². The lowest BCUT2D eigenvalue weighted by Gasteiger charge is -2.25. The number of carbonyl (C=O) groups excluding carboxylic acids is 1. The molecule has 2 aromatic rings. The molecule has 1 aliphatic heterocycles. The molecule has 0 radical (unpaired) electrons. The number of para-hydroxylation sites is 1. The Morgan fingerprint density at radius 2 is 2.14 bits per heavy atom. The quantitative estimate of drug-likeness (QED) is 0.874. The van der Waals surface area contributed by atoms with Crippen molar-refractivity contribution in [3.63, 3.8) is 0 Å². The number of carbonyl (C=O) groups is 1. The van der Waals surface area contributed by atoms with Crippen molar-refractivity contribution in [2.24, 2.45) is 5.73 Å². The van der Waals surface area contributed by atoms with Gasteiger partial charge in [-0.05, 0) is 19.1 Å². The minimum absolute atomic E-state index is 0.0949. The molecule has 1 amide bonds. The molecular weight excluding hydrogens is 288 g/mol. The number of anilines is 1. The molecule has 21 heavy (non-hydrogen) atoms. The van der Waals surface area contributed by atoms with Crippen LogP contribution >= 0.6 is 11.8 Å². The standard InChI is InChI=1S/C14H14N4O2S/c1-7-11(13(16)19)12(15)18-14(17-7)9-6-21-10-5-3-2-4-8(10)20-9/h2-5,9H,6H2,1H3,(H2,16,19)(H2,15,17,18). The first kappa shape index (κ1) is 13.7. The normalized spacial score (nSPS) is 16.9. The molecule has 4 N–H and O–H groups in total. The van der Waals surface area contributed by atoms with Crippen LogP contribution in [0.5, 0.6) is 5.75 Å². The lowest BCUT2D eigenvalue weighted by atomic mass is 10.2. The van der Waals surface area contributed by atoms with E-state index < -0.39 is 5.91 Å². The number of aryl methyl sites for hydroxylation is 1. The number of nitrogen functional groups attached to an aromatic ring is 1. The molecule has 3 rings (SSSR count). The van der Waals surface area contributed by atoms with Gasteiger partial charge in [-0.2, -0.15) is 0 Å². The molecule has 0 spiro atoms. The van der Waals surface area contributed by atoms with E-state index in [1.54, 1.807) is 18.7 Å². The summed E-state index contributed by atoms with van der Waals surface area (Å²) in [5.41, 5.74) is 11.7. The van der Waals surface area contributed by atoms with Gasteiger partial charge in [0.05, 0.1) is 5.69 Å². The second-order valence-corrected chi connectivity index (χ2v) is 5.72. The van der Waals surface area contributed by atoms with E-state index in [1.807, 2.05) is 24.3 Å². The zero-order valence-electron chi connectivity index (χ0n) is 11.4. The number of nitrogens with two attached hydrogens (primary N) is 2. The predicted molar refractivity (Wildman–Crippen MR) is 80.2 cm³/mol. The van der Waals surface area contributed by atoms with E-state index in [0.29, 0.717) is 17.3 Å². The second-order valence-electron chi connectivity index (χ2n) is 4.66. The average molecular weight is 302 g/mol. The number of amides is 1. The highest BCUT2D eigenvalue weighted by atomic mass is 32.2. The van der Waals surface area contributed by atoms with Crippen LogP contribution in [0.4, 0.5) is 5.82 Å². The van der Waals surface area contributed by atoms with Crippen molar-refractivity contribution in [1.29, 1.82) is 0 Å². The van der Waals surface area contributed by atoms with Crippen molar-refractivity contribution in [2.45, 2.75) is 17.9 Å². The van der Waals surface area contributed by atoms with Gasteiger partial charge in [-0.15, -0.1) is 11.8 Å². The minimum Gasteiger partial charge on any atom is -0.480 e. The molecule has 0 saturated heterocycles.